The van der Waals surface area contributed by atoms with Crippen molar-refractivity contribution in [2.75, 3.05) is 31.1 Å². The maximum absolute atomic E-state index is 11.7. The van der Waals surface area contributed by atoms with Gasteiger partial charge in [-0.1, -0.05) is 18.2 Å². The molecule has 1 unspecified atom stereocenters. The molecule has 0 saturated carbocycles. The van der Waals surface area contributed by atoms with Crippen molar-refractivity contribution in [1.29, 1.82) is 0 Å². The minimum atomic E-state index is -0.197. The second-order valence-corrected chi connectivity index (χ2v) is 4.52. The Morgan fingerprint density at radius 2 is 2.06 bits per heavy atom. The molecule has 2 rings (SSSR count). The molecule has 1 saturated heterocycles. The molecule has 1 amide bonds. The summed E-state index contributed by atoms with van der Waals surface area (Å²) in [5, 5.41) is 0. The van der Waals surface area contributed by atoms with Crippen molar-refractivity contribution in [3.8, 4) is 0 Å². The Labute approximate surface area is 108 Å². The number of para-hydroxylation sites is 1. The summed E-state index contributed by atoms with van der Waals surface area (Å²) in [4.78, 5) is 15.9. The highest BCUT2D eigenvalue weighted by Crippen LogP contribution is 2.19. The second-order valence-electron chi connectivity index (χ2n) is 4.52. The molecular weight excluding hydrogens is 228 g/mol. The molecular formula is C14H20N2O2. The summed E-state index contributed by atoms with van der Waals surface area (Å²) in [5.74, 6) is 0. The lowest BCUT2D eigenvalue weighted by atomic mass is 10.2. The van der Waals surface area contributed by atoms with E-state index in [9.17, 15) is 4.79 Å². The van der Waals surface area contributed by atoms with Gasteiger partial charge in [-0.2, -0.15) is 0 Å². The quantitative estimate of drug-likeness (QED) is 0.805. The lowest BCUT2D eigenvalue weighted by Crippen LogP contribution is -2.54. The van der Waals surface area contributed by atoms with Crippen molar-refractivity contribution >= 4 is 11.8 Å². The van der Waals surface area contributed by atoms with Crippen LogP contribution in [0, 0.1) is 0 Å². The number of benzene rings is 1. The van der Waals surface area contributed by atoms with Gasteiger partial charge in [0.05, 0.1) is 6.61 Å². The van der Waals surface area contributed by atoms with E-state index in [4.69, 9.17) is 4.74 Å². The van der Waals surface area contributed by atoms with Crippen LogP contribution in [0.4, 0.5) is 10.5 Å². The average molecular weight is 248 g/mol. The number of piperazine rings is 1. The lowest BCUT2D eigenvalue weighted by Gasteiger charge is -2.40. The van der Waals surface area contributed by atoms with E-state index < -0.39 is 0 Å². The molecule has 4 heteroatoms. The third-order valence-corrected chi connectivity index (χ3v) is 3.25. The fourth-order valence-corrected chi connectivity index (χ4v) is 2.31. The summed E-state index contributed by atoms with van der Waals surface area (Å²) in [6.45, 7) is 6.75. The number of nitrogens with zero attached hydrogens (tertiary/aromatic N) is 2. The maximum atomic E-state index is 11.7. The molecule has 0 spiro atoms. The minimum absolute atomic E-state index is 0.179. The Morgan fingerprint density at radius 1 is 1.33 bits per heavy atom. The first-order chi connectivity index (χ1) is 8.72. The first-order valence-corrected chi connectivity index (χ1v) is 6.45. The van der Waals surface area contributed by atoms with E-state index in [0.717, 1.165) is 19.6 Å². The number of amides is 1. The summed E-state index contributed by atoms with van der Waals surface area (Å²) in [7, 11) is 0. The normalized spacial score (nSPS) is 19.8. The highest BCUT2D eigenvalue weighted by molar-refractivity contribution is 5.68. The van der Waals surface area contributed by atoms with Gasteiger partial charge in [-0.15, -0.1) is 0 Å². The molecule has 0 N–H and O–H groups in total. The Morgan fingerprint density at radius 3 is 2.67 bits per heavy atom. The monoisotopic (exact) mass is 248 g/mol. The van der Waals surface area contributed by atoms with Crippen LogP contribution in [0.1, 0.15) is 13.8 Å². The molecule has 1 aliphatic heterocycles. The first-order valence-electron chi connectivity index (χ1n) is 6.45. The lowest BCUT2D eigenvalue weighted by molar-refractivity contribution is 0.0891. The number of carbonyl (C=O) groups is 1. The third kappa shape index (κ3) is 2.75. The van der Waals surface area contributed by atoms with Crippen LogP contribution < -0.4 is 4.90 Å². The van der Waals surface area contributed by atoms with E-state index in [2.05, 4.69) is 24.0 Å². The van der Waals surface area contributed by atoms with Gasteiger partial charge < -0.3 is 14.5 Å². The largest absolute Gasteiger partial charge is 0.450 e. The molecule has 98 valence electrons. The smallest absolute Gasteiger partial charge is 0.410 e. The molecule has 1 aliphatic rings. The van der Waals surface area contributed by atoms with Crippen LogP contribution in [0.2, 0.25) is 0 Å². The Hall–Kier alpha value is -1.71. The number of hydrogen-bond acceptors (Lipinski definition) is 3. The van der Waals surface area contributed by atoms with E-state index in [0.29, 0.717) is 6.61 Å². The van der Waals surface area contributed by atoms with Crippen molar-refractivity contribution in [2.45, 2.75) is 19.9 Å². The highest BCUT2D eigenvalue weighted by atomic mass is 16.6. The van der Waals surface area contributed by atoms with E-state index in [1.54, 1.807) is 0 Å². The SMILES string of the molecule is CCOC(=O)N1CCN(c2ccccc2)CC1C. The van der Waals surface area contributed by atoms with E-state index in [1.165, 1.54) is 5.69 Å². The zero-order chi connectivity index (χ0) is 13.0. The van der Waals surface area contributed by atoms with Gasteiger partial charge in [0.25, 0.3) is 0 Å². The Bertz CT molecular complexity index is 394. The number of anilines is 1. The summed E-state index contributed by atoms with van der Waals surface area (Å²) in [6.07, 6.45) is -0.197. The highest BCUT2D eigenvalue weighted by Gasteiger charge is 2.28. The maximum Gasteiger partial charge on any atom is 0.410 e. The molecule has 0 aromatic heterocycles. The third-order valence-electron chi connectivity index (χ3n) is 3.25. The van der Waals surface area contributed by atoms with Crippen LogP contribution in [0.3, 0.4) is 0 Å². The summed E-state index contributed by atoms with van der Waals surface area (Å²) in [5.41, 5.74) is 1.22. The van der Waals surface area contributed by atoms with Gasteiger partial charge in [0.1, 0.15) is 0 Å². The van der Waals surface area contributed by atoms with Crippen LogP contribution in [0.25, 0.3) is 0 Å². The molecule has 0 aliphatic carbocycles. The van der Waals surface area contributed by atoms with Gasteiger partial charge in [0.2, 0.25) is 0 Å². The van der Waals surface area contributed by atoms with E-state index in [-0.39, 0.29) is 12.1 Å². The van der Waals surface area contributed by atoms with Gasteiger partial charge in [0.15, 0.2) is 0 Å². The predicted octanol–water partition coefficient (Wildman–Crippen LogP) is 2.35. The topological polar surface area (TPSA) is 32.8 Å². The van der Waals surface area contributed by atoms with Crippen LogP contribution >= 0.6 is 0 Å². The molecule has 4 nitrogen and oxygen atoms in total. The zero-order valence-corrected chi connectivity index (χ0v) is 11.0. The summed E-state index contributed by atoms with van der Waals surface area (Å²) >= 11 is 0. The average Bonchev–Trinajstić information content (AvgIpc) is 2.40. The number of carbonyl (C=O) groups excluding carboxylic acids is 1. The molecule has 1 fully saturated rings. The van der Waals surface area contributed by atoms with Crippen LogP contribution in [0.5, 0.6) is 0 Å². The minimum Gasteiger partial charge on any atom is -0.450 e. The number of rotatable bonds is 2. The van der Waals surface area contributed by atoms with Gasteiger partial charge in [-0.25, -0.2) is 4.79 Å². The van der Waals surface area contributed by atoms with Gasteiger partial charge >= 0.3 is 6.09 Å². The van der Waals surface area contributed by atoms with Crippen molar-refractivity contribution in [3.05, 3.63) is 30.3 Å². The number of ether oxygens (including phenoxy) is 1. The number of hydrogen-bond donors (Lipinski definition) is 0. The Kier molecular flexibility index (Phi) is 4.07. The van der Waals surface area contributed by atoms with Gasteiger partial charge in [-0.3, -0.25) is 0 Å². The van der Waals surface area contributed by atoms with Gasteiger partial charge in [-0.05, 0) is 26.0 Å². The molecule has 1 heterocycles. The van der Waals surface area contributed by atoms with Crippen LogP contribution in [0.15, 0.2) is 30.3 Å². The van der Waals surface area contributed by atoms with Crippen molar-refractivity contribution in [2.24, 2.45) is 0 Å². The van der Waals surface area contributed by atoms with Crippen molar-refractivity contribution in [1.82, 2.24) is 4.90 Å². The molecule has 1 aromatic carbocycles. The Balaban J connectivity index is 1.98. The van der Waals surface area contributed by atoms with Crippen molar-refractivity contribution < 1.29 is 9.53 Å². The second kappa shape index (κ2) is 5.76. The van der Waals surface area contributed by atoms with Crippen LogP contribution in [-0.2, 0) is 4.74 Å². The molecule has 1 atom stereocenters. The van der Waals surface area contributed by atoms with E-state index >= 15 is 0 Å². The predicted molar refractivity (Wildman–Crippen MR) is 71.8 cm³/mol. The fourth-order valence-electron chi connectivity index (χ4n) is 2.31. The molecule has 18 heavy (non-hydrogen) atoms. The summed E-state index contributed by atoms with van der Waals surface area (Å²) < 4.78 is 5.06. The summed E-state index contributed by atoms with van der Waals surface area (Å²) in [6, 6.07) is 10.5. The first kappa shape index (κ1) is 12.7. The van der Waals surface area contributed by atoms with Gasteiger partial charge in [0, 0.05) is 31.4 Å². The molecule has 0 bridgehead atoms. The fraction of sp³-hybridized carbons (Fsp3) is 0.500. The van der Waals surface area contributed by atoms with E-state index in [1.807, 2.05) is 30.0 Å². The van der Waals surface area contributed by atoms with Crippen molar-refractivity contribution in [3.63, 3.8) is 0 Å². The molecule has 1 aromatic rings. The standard InChI is InChI=1S/C14H20N2O2/c1-3-18-14(17)16-10-9-15(11-12(16)2)13-7-5-4-6-8-13/h4-8,12H,3,9-11H2,1-2H3. The van der Waals surface area contributed by atoms with Crippen LogP contribution in [-0.4, -0.2) is 43.3 Å². The zero-order valence-electron chi connectivity index (χ0n) is 11.0. The molecule has 0 radical (unpaired) electrons.